The van der Waals surface area contributed by atoms with E-state index in [0.717, 1.165) is 11.3 Å². The van der Waals surface area contributed by atoms with E-state index in [2.05, 4.69) is 25.3 Å². The van der Waals surface area contributed by atoms with Gasteiger partial charge in [0.15, 0.2) is 0 Å². The molecule has 23 heavy (non-hydrogen) atoms. The molecule has 3 N–H and O–H groups in total. The molecule has 0 atom stereocenters. The van der Waals surface area contributed by atoms with Crippen LogP contribution in [0.25, 0.3) is 11.3 Å². The highest BCUT2D eigenvalue weighted by Crippen LogP contribution is 2.18. The van der Waals surface area contributed by atoms with Gasteiger partial charge in [-0.05, 0) is 24.6 Å². The first-order chi connectivity index (χ1) is 11.1. The predicted molar refractivity (Wildman–Crippen MR) is 86.0 cm³/mol. The summed E-state index contributed by atoms with van der Waals surface area (Å²) in [5, 5.41) is 2.79. The van der Waals surface area contributed by atoms with Gasteiger partial charge in [0, 0.05) is 11.3 Å². The van der Waals surface area contributed by atoms with Crippen molar-refractivity contribution in [1.82, 2.24) is 19.9 Å². The van der Waals surface area contributed by atoms with Gasteiger partial charge in [-0.2, -0.15) is 0 Å². The standard InChI is InChI=1S/C16H15N5O2/c1-10-13(19-9-20-16(10)23)6-15(22)21-12-4-2-11(3-5-12)14-7-17-8-18-14/h2-5,7-9H,6H2,1H3,(H,17,18)(H,21,22)(H,19,20,23). The number of nitrogens with zero attached hydrogens (tertiary/aromatic N) is 2. The third-order valence-corrected chi connectivity index (χ3v) is 3.50. The smallest absolute Gasteiger partial charge is 0.253 e. The van der Waals surface area contributed by atoms with Gasteiger partial charge in [0.25, 0.3) is 5.56 Å². The van der Waals surface area contributed by atoms with Crippen LogP contribution in [0.1, 0.15) is 11.3 Å². The van der Waals surface area contributed by atoms with E-state index >= 15 is 0 Å². The van der Waals surface area contributed by atoms with Gasteiger partial charge in [0.1, 0.15) is 0 Å². The second kappa shape index (κ2) is 6.27. The van der Waals surface area contributed by atoms with Crippen molar-refractivity contribution >= 4 is 11.6 Å². The second-order valence-electron chi connectivity index (χ2n) is 5.07. The molecular formula is C16H15N5O2. The Morgan fingerprint density at radius 2 is 1.96 bits per heavy atom. The zero-order valence-electron chi connectivity index (χ0n) is 12.5. The maximum atomic E-state index is 12.1. The van der Waals surface area contributed by atoms with Crippen molar-refractivity contribution in [2.45, 2.75) is 13.3 Å². The minimum absolute atomic E-state index is 0.0536. The van der Waals surface area contributed by atoms with Gasteiger partial charge in [-0.15, -0.1) is 0 Å². The van der Waals surface area contributed by atoms with Crippen LogP contribution in [0.15, 0.2) is 47.9 Å². The Bertz CT molecular complexity index is 866. The van der Waals surface area contributed by atoms with E-state index in [-0.39, 0.29) is 17.9 Å². The number of imidazole rings is 1. The van der Waals surface area contributed by atoms with Crippen molar-refractivity contribution in [1.29, 1.82) is 0 Å². The van der Waals surface area contributed by atoms with Gasteiger partial charge < -0.3 is 15.3 Å². The first kappa shape index (κ1) is 14.7. The van der Waals surface area contributed by atoms with Gasteiger partial charge in [-0.25, -0.2) is 9.97 Å². The molecular weight excluding hydrogens is 294 g/mol. The summed E-state index contributed by atoms with van der Waals surface area (Å²) in [7, 11) is 0. The molecule has 3 aromatic rings. The van der Waals surface area contributed by atoms with E-state index in [4.69, 9.17) is 0 Å². The van der Waals surface area contributed by atoms with E-state index < -0.39 is 0 Å². The van der Waals surface area contributed by atoms with Crippen molar-refractivity contribution in [3.8, 4) is 11.3 Å². The topological polar surface area (TPSA) is 104 Å². The highest BCUT2D eigenvalue weighted by atomic mass is 16.1. The molecule has 0 aliphatic heterocycles. The summed E-state index contributed by atoms with van der Waals surface area (Å²) in [5.74, 6) is -0.222. The minimum Gasteiger partial charge on any atom is -0.345 e. The molecule has 0 saturated carbocycles. The summed E-state index contributed by atoms with van der Waals surface area (Å²) in [4.78, 5) is 37.1. The fourth-order valence-corrected chi connectivity index (χ4v) is 2.19. The quantitative estimate of drug-likeness (QED) is 0.681. The Kier molecular flexibility index (Phi) is 4.01. The second-order valence-corrected chi connectivity index (χ2v) is 5.07. The van der Waals surface area contributed by atoms with Crippen molar-refractivity contribution < 1.29 is 4.79 Å². The lowest BCUT2D eigenvalue weighted by Crippen LogP contribution is -2.20. The molecule has 0 saturated heterocycles. The fourth-order valence-electron chi connectivity index (χ4n) is 2.19. The molecule has 0 aliphatic rings. The zero-order valence-corrected chi connectivity index (χ0v) is 12.5. The lowest BCUT2D eigenvalue weighted by molar-refractivity contribution is -0.115. The number of aromatic amines is 2. The molecule has 7 heteroatoms. The molecule has 0 spiro atoms. The molecule has 0 radical (unpaired) electrons. The summed E-state index contributed by atoms with van der Waals surface area (Å²) in [6.07, 6.45) is 4.70. The van der Waals surface area contributed by atoms with E-state index in [1.165, 1.54) is 6.33 Å². The summed E-state index contributed by atoms with van der Waals surface area (Å²) >= 11 is 0. The van der Waals surface area contributed by atoms with Gasteiger partial charge >= 0.3 is 0 Å². The monoisotopic (exact) mass is 309 g/mol. The van der Waals surface area contributed by atoms with Crippen LogP contribution in [0.3, 0.4) is 0 Å². The normalized spacial score (nSPS) is 10.5. The van der Waals surface area contributed by atoms with Gasteiger partial charge in [-0.1, -0.05) is 12.1 Å². The van der Waals surface area contributed by atoms with Crippen LogP contribution in [0.2, 0.25) is 0 Å². The number of hydrogen-bond acceptors (Lipinski definition) is 4. The number of carbonyl (C=O) groups excluding carboxylic acids is 1. The zero-order chi connectivity index (χ0) is 16.2. The number of hydrogen-bond donors (Lipinski definition) is 3. The molecule has 1 amide bonds. The van der Waals surface area contributed by atoms with Crippen molar-refractivity contribution in [2.75, 3.05) is 5.32 Å². The largest absolute Gasteiger partial charge is 0.345 e. The molecule has 0 unspecified atom stereocenters. The molecule has 0 aliphatic carbocycles. The van der Waals surface area contributed by atoms with E-state index in [1.807, 2.05) is 24.3 Å². The molecule has 1 aromatic carbocycles. The Morgan fingerprint density at radius 1 is 1.17 bits per heavy atom. The minimum atomic E-state index is -0.230. The number of anilines is 1. The fraction of sp³-hybridized carbons (Fsp3) is 0.125. The number of rotatable bonds is 4. The molecule has 116 valence electrons. The Balaban J connectivity index is 1.68. The molecule has 3 rings (SSSR count). The maximum Gasteiger partial charge on any atom is 0.253 e. The summed E-state index contributed by atoms with van der Waals surface area (Å²) in [6, 6.07) is 7.40. The van der Waals surface area contributed by atoms with E-state index in [1.54, 1.807) is 19.4 Å². The molecule has 2 heterocycles. The first-order valence-electron chi connectivity index (χ1n) is 7.05. The van der Waals surface area contributed by atoms with Crippen molar-refractivity contribution in [3.05, 3.63) is 64.7 Å². The number of carbonyl (C=O) groups is 1. The maximum absolute atomic E-state index is 12.1. The number of aromatic nitrogens is 4. The third kappa shape index (κ3) is 3.34. The Morgan fingerprint density at radius 3 is 2.65 bits per heavy atom. The van der Waals surface area contributed by atoms with Crippen LogP contribution in [0.4, 0.5) is 5.69 Å². The van der Waals surface area contributed by atoms with Crippen LogP contribution >= 0.6 is 0 Å². The highest BCUT2D eigenvalue weighted by Gasteiger charge is 2.10. The number of benzene rings is 1. The molecule has 2 aromatic heterocycles. The Hall–Kier alpha value is -3.22. The lowest BCUT2D eigenvalue weighted by Gasteiger charge is -2.07. The van der Waals surface area contributed by atoms with Crippen LogP contribution in [0.5, 0.6) is 0 Å². The first-order valence-corrected chi connectivity index (χ1v) is 7.05. The number of H-pyrrole nitrogens is 2. The highest BCUT2D eigenvalue weighted by molar-refractivity contribution is 5.92. The SMILES string of the molecule is Cc1c(CC(=O)Nc2ccc(-c3cnc[nH]3)cc2)nc[nH]c1=O. The van der Waals surface area contributed by atoms with Crippen LogP contribution in [-0.2, 0) is 11.2 Å². The molecule has 7 nitrogen and oxygen atoms in total. The third-order valence-electron chi connectivity index (χ3n) is 3.50. The number of nitrogens with one attached hydrogen (secondary N) is 3. The van der Waals surface area contributed by atoms with Crippen molar-refractivity contribution in [2.24, 2.45) is 0 Å². The van der Waals surface area contributed by atoms with Crippen LogP contribution in [-0.4, -0.2) is 25.8 Å². The average molecular weight is 309 g/mol. The molecule has 0 bridgehead atoms. The van der Waals surface area contributed by atoms with Gasteiger partial charge in [-0.3, -0.25) is 9.59 Å². The summed E-state index contributed by atoms with van der Waals surface area (Å²) < 4.78 is 0. The Labute approximate surface area is 131 Å². The molecule has 0 fully saturated rings. The van der Waals surface area contributed by atoms with Crippen molar-refractivity contribution in [3.63, 3.8) is 0 Å². The predicted octanol–water partition coefficient (Wildman–Crippen LogP) is 1.65. The van der Waals surface area contributed by atoms with E-state index in [9.17, 15) is 9.59 Å². The van der Waals surface area contributed by atoms with Gasteiger partial charge in [0.2, 0.25) is 5.91 Å². The van der Waals surface area contributed by atoms with E-state index in [0.29, 0.717) is 16.9 Å². The van der Waals surface area contributed by atoms with Crippen LogP contribution in [0, 0.1) is 6.92 Å². The average Bonchev–Trinajstić information content (AvgIpc) is 3.07. The lowest BCUT2D eigenvalue weighted by atomic mass is 10.1. The summed E-state index contributed by atoms with van der Waals surface area (Å²) in [6.45, 7) is 1.65. The summed E-state index contributed by atoms with van der Waals surface area (Å²) in [5.41, 5.74) is 3.27. The number of amides is 1. The van der Waals surface area contributed by atoms with Gasteiger partial charge in [0.05, 0.1) is 36.7 Å². The van der Waals surface area contributed by atoms with Crippen LogP contribution < -0.4 is 10.9 Å².